The zero-order chi connectivity index (χ0) is 12.5. The van der Waals surface area contributed by atoms with E-state index in [0.29, 0.717) is 12.8 Å². The second-order valence-corrected chi connectivity index (χ2v) is 6.32. The first-order valence-electron chi connectivity index (χ1n) is 5.67. The van der Waals surface area contributed by atoms with E-state index in [9.17, 15) is 13.5 Å². The smallest absolute Gasteiger partial charge is 0.294 e. The van der Waals surface area contributed by atoms with Crippen LogP contribution >= 0.6 is 0 Å². The summed E-state index contributed by atoms with van der Waals surface area (Å²) in [6, 6.07) is 9.82. The highest BCUT2D eigenvalue weighted by Crippen LogP contribution is 2.40. The van der Waals surface area contributed by atoms with E-state index in [2.05, 4.69) is 0 Å². The Kier molecular flexibility index (Phi) is 3.25. The summed E-state index contributed by atoms with van der Waals surface area (Å²) in [5.74, 6) is 0.262. The first kappa shape index (κ1) is 12.5. The number of aliphatic hydroxyl groups is 1. The lowest BCUT2D eigenvalue weighted by Crippen LogP contribution is -2.41. The minimum absolute atomic E-state index is 0.0887. The van der Waals surface area contributed by atoms with E-state index < -0.39 is 15.1 Å². The number of hydrogen-bond donors (Lipinski definition) is 2. The topological polar surface area (TPSA) is 74.6 Å². The normalized spacial score (nSPS) is 30.1. The van der Waals surface area contributed by atoms with Crippen molar-refractivity contribution in [1.29, 1.82) is 0 Å². The molecule has 0 spiro atoms. The van der Waals surface area contributed by atoms with Crippen molar-refractivity contribution in [2.24, 2.45) is 0 Å². The molecule has 0 unspecified atom stereocenters. The van der Waals surface area contributed by atoms with Gasteiger partial charge in [0.1, 0.15) is 0 Å². The maximum Gasteiger partial charge on any atom is 0.294 e. The number of hydrogen-bond acceptors (Lipinski definition) is 3. The van der Waals surface area contributed by atoms with Crippen LogP contribution in [0.25, 0.3) is 0 Å². The molecular formula is C12H16O4S. The van der Waals surface area contributed by atoms with Crippen molar-refractivity contribution < 1.29 is 18.1 Å². The van der Waals surface area contributed by atoms with E-state index in [1.54, 1.807) is 0 Å². The van der Waals surface area contributed by atoms with Crippen LogP contribution in [0, 0.1) is 0 Å². The Morgan fingerprint density at radius 3 is 2.12 bits per heavy atom. The fourth-order valence-electron chi connectivity index (χ4n) is 2.39. The van der Waals surface area contributed by atoms with Gasteiger partial charge in [0, 0.05) is 0 Å². The second-order valence-electron chi connectivity index (χ2n) is 4.61. The molecular weight excluding hydrogens is 240 g/mol. The maximum atomic E-state index is 11.1. The molecule has 1 aromatic carbocycles. The number of benzene rings is 1. The molecule has 0 aromatic heterocycles. The van der Waals surface area contributed by atoms with Crippen LogP contribution in [0.15, 0.2) is 30.3 Å². The summed E-state index contributed by atoms with van der Waals surface area (Å²) in [5, 5.41) is 9.83. The third-order valence-electron chi connectivity index (χ3n) is 3.52. The van der Waals surface area contributed by atoms with Gasteiger partial charge in [0.2, 0.25) is 0 Å². The minimum atomic E-state index is -4.38. The molecule has 0 atom stereocenters. The van der Waals surface area contributed by atoms with E-state index in [0.717, 1.165) is 5.56 Å². The molecule has 2 N–H and O–H groups in total. The highest BCUT2D eigenvalue weighted by Gasteiger charge is 2.43. The molecule has 0 radical (unpaired) electrons. The molecule has 1 aliphatic rings. The Morgan fingerprint density at radius 1 is 1.12 bits per heavy atom. The predicted molar refractivity (Wildman–Crippen MR) is 64.1 cm³/mol. The highest BCUT2D eigenvalue weighted by molar-refractivity contribution is 7.87. The Labute approximate surface area is 101 Å². The Morgan fingerprint density at radius 2 is 1.65 bits per heavy atom. The molecule has 2 rings (SSSR count). The summed E-state index contributed by atoms with van der Waals surface area (Å²) in [7, 11) is -4.38. The monoisotopic (exact) mass is 256 g/mol. The SMILES string of the molecule is O=S(=O)(O)C1(O)CCC(c2ccccc2)CC1. The molecule has 0 heterocycles. The molecule has 94 valence electrons. The van der Waals surface area contributed by atoms with Gasteiger partial charge in [-0.1, -0.05) is 30.3 Å². The van der Waals surface area contributed by atoms with E-state index >= 15 is 0 Å². The molecule has 1 aliphatic carbocycles. The van der Waals surface area contributed by atoms with Gasteiger partial charge in [-0.25, -0.2) is 0 Å². The van der Waals surface area contributed by atoms with Crippen LogP contribution in [-0.4, -0.2) is 23.0 Å². The van der Waals surface area contributed by atoms with Crippen molar-refractivity contribution in [1.82, 2.24) is 0 Å². The van der Waals surface area contributed by atoms with Crippen molar-refractivity contribution in [2.75, 3.05) is 0 Å². The third kappa shape index (κ3) is 2.51. The summed E-state index contributed by atoms with van der Waals surface area (Å²) >= 11 is 0. The summed E-state index contributed by atoms with van der Waals surface area (Å²) in [5.41, 5.74) is 1.16. The van der Waals surface area contributed by atoms with E-state index in [1.165, 1.54) is 0 Å². The highest BCUT2D eigenvalue weighted by atomic mass is 32.2. The summed E-state index contributed by atoms with van der Waals surface area (Å²) in [6.45, 7) is 0. The second kappa shape index (κ2) is 4.40. The van der Waals surface area contributed by atoms with Crippen LogP contribution in [0.4, 0.5) is 0 Å². The van der Waals surface area contributed by atoms with Crippen molar-refractivity contribution in [2.45, 2.75) is 36.5 Å². The average molecular weight is 256 g/mol. The van der Waals surface area contributed by atoms with Gasteiger partial charge in [-0.2, -0.15) is 8.42 Å². The van der Waals surface area contributed by atoms with Crippen LogP contribution in [-0.2, 0) is 10.1 Å². The molecule has 17 heavy (non-hydrogen) atoms. The first-order chi connectivity index (χ1) is 7.92. The van der Waals surface area contributed by atoms with Crippen molar-refractivity contribution in [3.63, 3.8) is 0 Å². The fraction of sp³-hybridized carbons (Fsp3) is 0.500. The lowest BCUT2D eigenvalue weighted by Gasteiger charge is -2.33. The van der Waals surface area contributed by atoms with Gasteiger partial charge in [-0.15, -0.1) is 0 Å². The van der Waals surface area contributed by atoms with Crippen molar-refractivity contribution >= 4 is 10.1 Å². The third-order valence-corrected chi connectivity index (χ3v) is 4.89. The van der Waals surface area contributed by atoms with E-state index in [-0.39, 0.29) is 18.8 Å². The molecule has 5 heteroatoms. The zero-order valence-corrected chi connectivity index (χ0v) is 10.2. The van der Waals surface area contributed by atoms with Gasteiger partial charge in [0.15, 0.2) is 4.93 Å². The van der Waals surface area contributed by atoms with Gasteiger partial charge in [0.05, 0.1) is 0 Å². The summed E-state index contributed by atoms with van der Waals surface area (Å²) in [6.07, 6.45) is 1.32. The van der Waals surface area contributed by atoms with Crippen LogP contribution in [0.5, 0.6) is 0 Å². The molecule has 0 amide bonds. The first-order valence-corrected chi connectivity index (χ1v) is 7.11. The molecule has 1 saturated carbocycles. The van der Waals surface area contributed by atoms with Crippen molar-refractivity contribution in [3.05, 3.63) is 35.9 Å². The van der Waals surface area contributed by atoms with Crippen LogP contribution in [0.1, 0.15) is 37.2 Å². The fourth-order valence-corrected chi connectivity index (χ4v) is 3.14. The molecule has 4 nitrogen and oxygen atoms in total. The average Bonchev–Trinajstić information content (AvgIpc) is 2.30. The zero-order valence-electron chi connectivity index (χ0n) is 9.41. The van der Waals surface area contributed by atoms with Gasteiger partial charge >= 0.3 is 0 Å². The molecule has 1 aromatic rings. The van der Waals surface area contributed by atoms with Crippen LogP contribution in [0.3, 0.4) is 0 Å². The van der Waals surface area contributed by atoms with Gasteiger partial charge < -0.3 is 5.11 Å². The van der Waals surface area contributed by atoms with Crippen molar-refractivity contribution in [3.8, 4) is 0 Å². The Bertz CT molecular complexity index is 472. The van der Waals surface area contributed by atoms with Gasteiger partial charge in [-0.3, -0.25) is 4.55 Å². The molecule has 0 bridgehead atoms. The van der Waals surface area contributed by atoms with E-state index in [4.69, 9.17) is 4.55 Å². The molecule has 1 fully saturated rings. The lowest BCUT2D eigenvalue weighted by molar-refractivity contribution is 0.0675. The Balaban J connectivity index is 2.09. The quantitative estimate of drug-likeness (QED) is 0.793. The minimum Gasteiger partial charge on any atom is -0.372 e. The molecule has 0 aliphatic heterocycles. The van der Waals surface area contributed by atoms with Crippen LogP contribution in [0.2, 0.25) is 0 Å². The standard InChI is InChI=1S/C12H16O4S/c13-12(17(14,15)16)8-6-11(7-9-12)10-4-2-1-3-5-10/h1-5,11,13H,6-9H2,(H,14,15,16). The molecule has 0 saturated heterocycles. The predicted octanol–water partition coefficient (Wildman–Crippen LogP) is 1.92. The largest absolute Gasteiger partial charge is 0.372 e. The Hall–Kier alpha value is -0.910. The van der Waals surface area contributed by atoms with Gasteiger partial charge in [0.25, 0.3) is 10.1 Å². The summed E-state index contributed by atoms with van der Waals surface area (Å²) < 4.78 is 31.1. The van der Waals surface area contributed by atoms with Crippen LogP contribution < -0.4 is 0 Å². The lowest BCUT2D eigenvalue weighted by atomic mass is 9.82. The number of rotatable bonds is 2. The van der Waals surface area contributed by atoms with Gasteiger partial charge in [-0.05, 0) is 37.2 Å². The summed E-state index contributed by atoms with van der Waals surface area (Å²) in [4.78, 5) is -1.95. The maximum absolute atomic E-state index is 11.1. The van der Waals surface area contributed by atoms with E-state index in [1.807, 2.05) is 30.3 Å².